The molecule has 0 aromatic carbocycles. The van der Waals surface area contributed by atoms with Crippen LogP contribution in [0.4, 0.5) is 0 Å². The number of aliphatic imine (C=N–C) groups is 1. The van der Waals surface area contributed by atoms with Gasteiger partial charge < -0.3 is 25.0 Å². The summed E-state index contributed by atoms with van der Waals surface area (Å²) in [6, 6.07) is 0.496. The van der Waals surface area contributed by atoms with Crippen LogP contribution in [0.2, 0.25) is 0 Å². The molecule has 7 heteroatoms. The van der Waals surface area contributed by atoms with Crippen LogP contribution < -0.4 is 10.6 Å². The van der Waals surface area contributed by atoms with Crippen LogP contribution >= 0.6 is 24.0 Å². The van der Waals surface area contributed by atoms with Crippen molar-refractivity contribution >= 4 is 29.9 Å². The Hall–Kier alpha value is -0.120. The summed E-state index contributed by atoms with van der Waals surface area (Å²) in [6.07, 6.45) is 7.53. The average Bonchev–Trinajstić information content (AvgIpc) is 2.58. The average molecular weight is 494 g/mol. The van der Waals surface area contributed by atoms with Crippen molar-refractivity contribution in [2.24, 2.45) is 10.4 Å². The molecule has 1 spiro atoms. The molecule has 2 atom stereocenters. The number of guanidine groups is 1. The SMILES string of the molecule is CCNC(=NCC1(N(C)C)CCOCC1)NC1CC(OCC)C12CCC2.I. The Kier molecular flexibility index (Phi) is 8.64. The molecule has 1 aliphatic heterocycles. The van der Waals surface area contributed by atoms with Gasteiger partial charge in [0.05, 0.1) is 12.6 Å². The number of nitrogens with one attached hydrogen (secondary N) is 2. The third kappa shape index (κ3) is 4.73. The Morgan fingerprint density at radius 2 is 1.89 bits per heavy atom. The number of hydrogen-bond acceptors (Lipinski definition) is 4. The van der Waals surface area contributed by atoms with E-state index < -0.39 is 0 Å². The first-order valence-electron chi connectivity index (χ1n) is 10.5. The van der Waals surface area contributed by atoms with Gasteiger partial charge in [-0.05, 0) is 60.0 Å². The van der Waals surface area contributed by atoms with Gasteiger partial charge >= 0.3 is 0 Å². The van der Waals surface area contributed by atoms with E-state index in [0.29, 0.717) is 17.6 Å². The van der Waals surface area contributed by atoms with Crippen LogP contribution in [0.3, 0.4) is 0 Å². The van der Waals surface area contributed by atoms with Crippen LogP contribution in [0, 0.1) is 5.41 Å². The topological polar surface area (TPSA) is 58.1 Å². The smallest absolute Gasteiger partial charge is 0.191 e. The molecule has 3 rings (SSSR count). The maximum atomic E-state index is 5.99. The van der Waals surface area contributed by atoms with Gasteiger partial charge in [-0.15, -0.1) is 24.0 Å². The van der Waals surface area contributed by atoms with Crippen LogP contribution in [0.15, 0.2) is 4.99 Å². The summed E-state index contributed by atoms with van der Waals surface area (Å²) < 4.78 is 11.6. The molecule has 2 saturated carbocycles. The predicted octanol–water partition coefficient (Wildman–Crippen LogP) is 2.62. The highest BCUT2D eigenvalue weighted by atomic mass is 127. The minimum Gasteiger partial charge on any atom is -0.381 e. The fourth-order valence-corrected chi connectivity index (χ4v) is 4.85. The van der Waals surface area contributed by atoms with Crippen LogP contribution in [0.1, 0.15) is 52.4 Å². The minimum absolute atomic E-state index is 0. The van der Waals surface area contributed by atoms with Crippen molar-refractivity contribution in [3.8, 4) is 0 Å². The molecule has 0 amide bonds. The van der Waals surface area contributed by atoms with Crippen molar-refractivity contribution in [2.75, 3.05) is 47.0 Å². The van der Waals surface area contributed by atoms with Crippen molar-refractivity contribution in [1.82, 2.24) is 15.5 Å². The number of likely N-dealkylation sites (N-methyl/N-ethyl adjacent to an activating group) is 1. The number of rotatable bonds is 7. The summed E-state index contributed by atoms with van der Waals surface area (Å²) in [6.45, 7) is 8.43. The molecule has 0 bridgehead atoms. The Bertz CT molecular complexity index is 490. The van der Waals surface area contributed by atoms with E-state index in [1.165, 1.54) is 19.3 Å². The second-order valence-corrected chi connectivity index (χ2v) is 8.39. The third-order valence-electron chi connectivity index (χ3n) is 7.00. The number of halogens is 1. The summed E-state index contributed by atoms with van der Waals surface area (Å²) in [7, 11) is 4.34. The van der Waals surface area contributed by atoms with Crippen molar-refractivity contribution in [3.05, 3.63) is 0 Å². The van der Waals surface area contributed by atoms with Crippen molar-refractivity contribution in [3.63, 3.8) is 0 Å². The third-order valence-corrected chi connectivity index (χ3v) is 7.00. The zero-order chi connectivity index (χ0) is 18.6. The molecule has 27 heavy (non-hydrogen) atoms. The van der Waals surface area contributed by atoms with E-state index >= 15 is 0 Å². The van der Waals surface area contributed by atoms with E-state index in [1.807, 2.05) is 0 Å². The Labute approximate surface area is 182 Å². The molecule has 1 saturated heterocycles. The van der Waals surface area contributed by atoms with Gasteiger partial charge in [0.25, 0.3) is 0 Å². The van der Waals surface area contributed by atoms with Crippen molar-refractivity contribution in [2.45, 2.75) is 70.1 Å². The normalized spacial score (nSPS) is 28.9. The lowest BCUT2D eigenvalue weighted by atomic mass is 9.51. The maximum absolute atomic E-state index is 5.99. The van der Waals surface area contributed by atoms with Crippen LogP contribution in [0.5, 0.6) is 0 Å². The second kappa shape index (κ2) is 10.1. The van der Waals surface area contributed by atoms with Gasteiger partial charge in [0.15, 0.2) is 5.96 Å². The van der Waals surface area contributed by atoms with E-state index in [1.54, 1.807) is 0 Å². The molecule has 1 heterocycles. The van der Waals surface area contributed by atoms with E-state index in [2.05, 4.69) is 43.5 Å². The summed E-state index contributed by atoms with van der Waals surface area (Å²) >= 11 is 0. The van der Waals surface area contributed by atoms with E-state index in [4.69, 9.17) is 14.5 Å². The van der Waals surface area contributed by atoms with Crippen LogP contribution in [-0.2, 0) is 9.47 Å². The number of hydrogen-bond donors (Lipinski definition) is 2. The molecule has 0 radical (unpaired) electrons. The monoisotopic (exact) mass is 494 g/mol. The summed E-state index contributed by atoms with van der Waals surface area (Å²) in [5, 5.41) is 7.20. The highest BCUT2D eigenvalue weighted by molar-refractivity contribution is 14.0. The fourth-order valence-electron chi connectivity index (χ4n) is 4.85. The first kappa shape index (κ1) is 23.2. The quantitative estimate of drug-likeness (QED) is 0.324. The minimum atomic E-state index is 0. The van der Waals surface area contributed by atoms with Gasteiger partial charge in [-0.3, -0.25) is 4.99 Å². The fraction of sp³-hybridized carbons (Fsp3) is 0.950. The van der Waals surface area contributed by atoms with Gasteiger partial charge in [-0.2, -0.15) is 0 Å². The molecular formula is C20H39IN4O2. The highest BCUT2D eigenvalue weighted by Crippen LogP contribution is 2.57. The van der Waals surface area contributed by atoms with Crippen LogP contribution in [-0.4, -0.2) is 75.5 Å². The molecule has 2 unspecified atom stereocenters. The molecule has 3 aliphatic rings. The van der Waals surface area contributed by atoms with Crippen molar-refractivity contribution < 1.29 is 9.47 Å². The predicted molar refractivity (Wildman–Crippen MR) is 121 cm³/mol. The Balaban J connectivity index is 0.00000261. The molecule has 3 fully saturated rings. The van der Waals surface area contributed by atoms with Crippen molar-refractivity contribution in [1.29, 1.82) is 0 Å². The number of ether oxygens (including phenoxy) is 2. The lowest BCUT2D eigenvalue weighted by Gasteiger charge is -2.61. The lowest BCUT2D eigenvalue weighted by Crippen LogP contribution is -2.68. The van der Waals surface area contributed by atoms with Crippen LogP contribution in [0.25, 0.3) is 0 Å². The summed E-state index contributed by atoms with van der Waals surface area (Å²) in [5.41, 5.74) is 0.465. The molecule has 6 nitrogen and oxygen atoms in total. The van der Waals surface area contributed by atoms with Gasteiger partial charge in [-0.25, -0.2) is 0 Å². The zero-order valence-corrected chi connectivity index (χ0v) is 19.9. The molecule has 158 valence electrons. The molecule has 0 aromatic heterocycles. The molecule has 2 aliphatic carbocycles. The summed E-state index contributed by atoms with van der Waals surface area (Å²) in [4.78, 5) is 7.34. The Morgan fingerprint density at radius 1 is 1.19 bits per heavy atom. The molecule has 0 aromatic rings. The van der Waals surface area contributed by atoms with E-state index in [-0.39, 0.29) is 29.5 Å². The number of nitrogens with zero attached hydrogens (tertiary/aromatic N) is 2. The summed E-state index contributed by atoms with van der Waals surface area (Å²) in [5.74, 6) is 0.964. The molecule has 2 N–H and O–H groups in total. The van der Waals surface area contributed by atoms with Gasteiger partial charge in [0.2, 0.25) is 0 Å². The van der Waals surface area contributed by atoms with E-state index in [9.17, 15) is 0 Å². The molecular weight excluding hydrogens is 455 g/mol. The first-order valence-corrected chi connectivity index (χ1v) is 10.5. The zero-order valence-electron chi connectivity index (χ0n) is 17.6. The lowest BCUT2D eigenvalue weighted by molar-refractivity contribution is -0.168. The largest absolute Gasteiger partial charge is 0.381 e. The Morgan fingerprint density at radius 3 is 2.41 bits per heavy atom. The van der Waals surface area contributed by atoms with Gasteiger partial charge in [0.1, 0.15) is 0 Å². The second-order valence-electron chi connectivity index (χ2n) is 8.39. The van der Waals surface area contributed by atoms with Gasteiger partial charge in [-0.1, -0.05) is 6.42 Å². The maximum Gasteiger partial charge on any atom is 0.191 e. The van der Waals surface area contributed by atoms with E-state index in [0.717, 1.165) is 58.1 Å². The standard InChI is InChI=1S/C20H38N4O2.HI/c1-5-21-18(22-15-19(24(3)4)10-12-25-13-11-19)23-16-14-17(26-6-2)20(16)8-7-9-20;/h16-17H,5-15H2,1-4H3,(H2,21,22,23);1H. The van der Waals surface area contributed by atoms with Gasteiger partial charge in [0, 0.05) is 43.4 Å². The highest BCUT2D eigenvalue weighted by Gasteiger charge is 2.59. The first-order chi connectivity index (χ1) is 12.6.